The van der Waals surface area contributed by atoms with Crippen molar-refractivity contribution in [1.82, 2.24) is 19.5 Å². The number of aliphatic carboxylic acids is 1. The highest BCUT2D eigenvalue weighted by Gasteiger charge is 2.21. The summed E-state index contributed by atoms with van der Waals surface area (Å²) < 4.78 is 2.83. The molecule has 0 aliphatic heterocycles. The topological polar surface area (TPSA) is 118 Å². The third kappa shape index (κ3) is 5.22. The van der Waals surface area contributed by atoms with Gasteiger partial charge in [-0.25, -0.2) is 14.3 Å². The second kappa shape index (κ2) is 8.17. The van der Waals surface area contributed by atoms with Gasteiger partial charge < -0.3 is 15.7 Å². The van der Waals surface area contributed by atoms with Crippen molar-refractivity contribution in [2.45, 2.75) is 38.8 Å². The number of rotatable bonds is 7. The lowest BCUT2D eigenvalue weighted by Gasteiger charge is -2.25. The van der Waals surface area contributed by atoms with Gasteiger partial charge in [-0.15, -0.1) is 5.10 Å². The van der Waals surface area contributed by atoms with Crippen LogP contribution in [-0.4, -0.2) is 36.8 Å². The molecule has 0 atom stereocenters. The van der Waals surface area contributed by atoms with E-state index in [-0.39, 0.29) is 18.7 Å². The van der Waals surface area contributed by atoms with E-state index in [1.807, 2.05) is 12.1 Å². The molecule has 2 amide bonds. The zero-order chi connectivity index (χ0) is 21.0. The van der Waals surface area contributed by atoms with Gasteiger partial charge in [0.05, 0.1) is 6.54 Å². The number of nitrogens with zero attached hydrogens (tertiary/aromatic N) is 3. The molecule has 0 saturated heterocycles. The van der Waals surface area contributed by atoms with Crippen LogP contribution in [0, 0.1) is 0 Å². The van der Waals surface area contributed by atoms with Crippen molar-refractivity contribution in [3.05, 3.63) is 64.7 Å². The molecule has 3 aromatic rings. The summed E-state index contributed by atoms with van der Waals surface area (Å²) in [5.41, 5.74) is 1.03. The standard InChI is InChI=1S/C20H23N5O4/c1-20(2,10-9-17(26)27)22-18(28)21-15-7-5-6-14(12-15)13-25-19(29)24-11-4-3-8-16(24)23-25/h3-8,11-12H,9-10,13H2,1-2H3,(H,26,27)(H2,21,22,28). The number of fused-ring (bicyclic) bond motifs is 1. The van der Waals surface area contributed by atoms with Gasteiger partial charge in [0.2, 0.25) is 0 Å². The fraction of sp³-hybridized carbons (Fsp3) is 0.300. The van der Waals surface area contributed by atoms with E-state index in [2.05, 4.69) is 15.7 Å². The number of amides is 2. The predicted octanol–water partition coefficient (Wildman–Crippen LogP) is 2.31. The first-order valence-corrected chi connectivity index (χ1v) is 9.18. The molecule has 152 valence electrons. The first-order chi connectivity index (χ1) is 13.7. The van der Waals surface area contributed by atoms with E-state index in [9.17, 15) is 14.4 Å². The van der Waals surface area contributed by atoms with Gasteiger partial charge in [0.1, 0.15) is 0 Å². The summed E-state index contributed by atoms with van der Waals surface area (Å²) in [4.78, 5) is 35.4. The van der Waals surface area contributed by atoms with Crippen LogP contribution in [0.1, 0.15) is 32.3 Å². The molecular formula is C20H23N5O4. The molecule has 3 rings (SSSR count). The van der Waals surface area contributed by atoms with Crippen molar-refractivity contribution >= 4 is 23.3 Å². The highest BCUT2D eigenvalue weighted by atomic mass is 16.4. The van der Waals surface area contributed by atoms with Crippen LogP contribution in [0.5, 0.6) is 0 Å². The van der Waals surface area contributed by atoms with Gasteiger partial charge in [0.15, 0.2) is 5.65 Å². The van der Waals surface area contributed by atoms with E-state index in [4.69, 9.17) is 5.11 Å². The Morgan fingerprint density at radius 3 is 2.69 bits per heavy atom. The van der Waals surface area contributed by atoms with Crippen LogP contribution in [0.15, 0.2) is 53.5 Å². The SMILES string of the molecule is CC(C)(CCC(=O)O)NC(=O)Nc1cccc(Cn2nc3ccccn3c2=O)c1. The summed E-state index contributed by atoms with van der Waals surface area (Å²) in [6.07, 6.45) is 1.94. The number of carboxylic acids is 1. The Labute approximate surface area is 167 Å². The number of hydrogen-bond acceptors (Lipinski definition) is 4. The summed E-state index contributed by atoms with van der Waals surface area (Å²) in [5, 5.41) is 18.6. The van der Waals surface area contributed by atoms with E-state index in [1.54, 1.807) is 50.4 Å². The fourth-order valence-corrected chi connectivity index (χ4v) is 2.94. The molecule has 9 nitrogen and oxygen atoms in total. The number of nitrogens with one attached hydrogen (secondary N) is 2. The number of carbonyl (C=O) groups is 2. The van der Waals surface area contributed by atoms with Crippen LogP contribution < -0.4 is 16.3 Å². The van der Waals surface area contributed by atoms with Crippen molar-refractivity contribution in [2.24, 2.45) is 0 Å². The number of pyridine rings is 1. The molecule has 2 aromatic heterocycles. The number of anilines is 1. The molecule has 1 aromatic carbocycles. The van der Waals surface area contributed by atoms with Gasteiger partial charge in [0, 0.05) is 23.8 Å². The molecule has 0 bridgehead atoms. The largest absolute Gasteiger partial charge is 0.481 e. The number of urea groups is 1. The van der Waals surface area contributed by atoms with Crippen LogP contribution in [0.4, 0.5) is 10.5 Å². The Hall–Kier alpha value is -3.62. The lowest BCUT2D eigenvalue weighted by molar-refractivity contribution is -0.137. The third-order valence-corrected chi connectivity index (χ3v) is 4.42. The van der Waals surface area contributed by atoms with E-state index in [0.29, 0.717) is 17.8 Å². The molecule has 0 aliphatic carbocycles. The first-order valence-electron chi connectivity index (χ1n) is 9.18. The van der Waals surface area contributed by atoms with Crippen molar-refractivity contribution in [3.8, 4) is 0 Å². The van der Waals surface area contributed by atoms with Crippen LogP contribution in [0.3, 0.4) is 0 Å². The summed E-state index contributed by atoms with van der Waals surface area (Å²) >= 11 is 0. The van der Waals surface area contributed by atoms with Gasteiger partial charge in [-0.05, 0) is 50.1 Å². The molecule has 0 fully saturated rings. The van der Waals surface area contributed by atoms with Crippen molar-refractivity contribution in [1.29, 1.82) is 0 Å². The summed E-state index contributed by atoms with van der Waals surface area (Å²) in [5.74, 6) is -0.907. The molecular weight excluding hydrogens is 374 g/mol. The van der Waals surface area contributed by atoms with Gasteiger partial charge in [0.25, 0.3) is 0 Å². The van der Waals surface area contributed by atoms with E-state index in [1.165, 1.54) is 9.08 Å². The van der Waals surface area contributed by atoms with Crippen LogP contribution in [0.2, 0.25) is 0 Å². The molecule has 3 N–H and O–H groups in total. The Bertz CT molecular complexity index is 1100. The zero-order valence-electron chi connectivity index (χ0n) is 16.3. The Morgan fingerprint density at radius 1 is 1.17 bits per heavy atom. The maximum atomic E-state index is 12.4. The zero-order valence-corrected chi connectivity index (χ0v) is 16.3. The van der Waals surface area contributed by atoms with Gasteiger partial charge in [-0.3, -0.25) is 9.20 Å². The maximum Gasteiger partial charge on any atom is 0.350 e. The molecule has 0 radical (unpaired) electrons. The van der Waals surface area contributed by atoms with E-state index in [0.717, 1.165) is 5.56 Å². The average molecular weight is 397 g/mol. The van der Waals surface area contributed by atoms with E-state index >= 15 is 0 Å². The maximum absolute atomic E-state index is 12.4. The number of carbonyl (C=O) groups excluding carboxylic acids is 1. The third-order valence-electron chi connectivity index (χ3n) is 4.42. The monoisotopic (exact) mass is 397 g/mol. The number of aromatic nitrogens is 3. The summed E-state index contributed by atoms with van der Waals surface area (Å²) in [7, 11) is 0. The van der Waals surface area contributed by atoms with Crippen LogP contribution in [-0.2, 0) is 11.3 Å². The lowest BCUT2D eigenvalue weighted by Crippen LogP contribution is -2.45. The molecule has 0 aliphatic rings. The predicted molar refractivity (Wildman–Crippen MR) is 108 cm³/mol. The minimum atomic E-state index is -0.907. The smallest absolute Gasteiger partial charge is 0.350 e. The van der Waals surface area contributed by atoms with Crippen molar-refractivity contribution < 1.29 is 14.7 Å². The van der Waals surface area contributed by atoms with Crippen molar-refractivity contribution in [2.75, 3.05) is 5.32 Å². The second-order valence-electron chi connectivity index (χ2n) is 7.43. The second-order valence-corrected chi connectivity index (χ2v) is 7.43. The van der Waals surface area contributed by atoms with Crippen LogP contribution in [0.25, 0.3) is 5.65 Å². The van der Waals surface area contributed by atoms with Gasteiger partial charge in [-0.2, -0.15) is 0 Å². The molecule has 2 heterocycles. The molecule has 0 spiro atoms. The molecule has 29 heavy (non-hydrogen) atoms. The minimum Gasteiger partial charge on any atom is -0.481 e. The molecule has 0 saturated carbocycles. The van der Waals surface area contributed by atoms with Gasteiger partial charge >= 0.3 is 17.7 Å². The Morgan fingerprint density at radius 2 is 1.97 bits per heavy atom. The average Bonchev–Trinajstić information content (AvgIpc) is 2.96. The van der Waals surface area contributed by atoms with Crippen LogP contribution >= 0.6 is 0 Å². The van der Waals surface area contributed by atoms with E-state index < -0.39 is 17.5 Å². The fourth-order valence-electron chi connectivity index (χ4n) is 2.94. The van der Waals surface area contributed by atoms with Crippen molar-refractivity contribution in [3.63, 3.8) is 0 Å². The quantitative estimate of drug-likeness (QED) is 0.565. The minimum absolute atomic E-state index is 0.0312. The normalized spacial score (nSPS) is 11.4. The molecule has 0 unspecified atom stereocenters. The number of carboxylic acid groups (broad SMARTS) is 1. The highest BCUT2D eigenvalue weighted by molar-refractivity contribution is 5.89. The summed E-state index contributed by atoms with van der Waals surface area (Å²) in [6.45, 7) is 3.80. The number of hydrogen-bond donors (Lipinski definition) is 3. The highest BCUT2D eigenvalue weighted by Crippen LogP contribution is 2.14. The Kier molecular flexibility index (Phi) is 5.67. The summed E-state index contributed by atoms with van der Waals surface area (Å²) in [6, 6.07) is 12.0. The Balaban J connectivity index is 1.67. The first kappa shape index (κ1) is 20.1. The molecule has 9 heteroatoms. The van der Waals surface area contributed by atoms with Gasteiger partial charge in [-0.1, -0.05) is 18.2 Å². The lowest BCUT2D eigenvalue weighted by atomic mass is 9.99. The number of benzene rings is 1.